The van der Waals surface area contributed by atoms with E-state index in [9.17, 15) is 19.7 Å². The van der Waals surface area contributed by atoms with Gasteiger partial charge in [0.15, 0.2) is 5.69 Å². The van der Waals surface area contributed by atoms with Gasteiger partial charge in [-0.2, -0.15) is 0 Å². The molecule has 0 aliphatic carbocycles. The summed E-state index contributed by atoms with van der Waals surface area (Å²) in [5, 5.41) is 28.2. The van der Waals surface area contributed by atoms with E-state index in [1.807, 2.05) is 6.07 Å². The van der Waals surface area contributed by atoms with Crippen molar-refractivity contribution in [1.82, 2.24) is 20.3 Å². The molecule has 4 rings (SSSR count). The number of nitro benzene ring substituents is 1. The van der Waals surface area contributed by atoms with Crippen LogP contribution in [0, 0.1) is 10.1 Å². The quantitative estimate of drug-likeness (QED) is 0.134. The zero-order chi connectivity index (χ0) is 29.5. The number of nitrogens with zero attached hydrogens (tertiary/aromatic N) is 4. The normalized spacial score (nSPS) is 10.5. The van der Waals surface area contributed by atoms with E-state index in [1.54, 1.807) is 37.4 Å². The van der Waals surface area contributed by atoms with Gasteiger partial charge in [-0.15, -0.1) is 5.10 Å². The third kappa shape index (κ3) is 6.53. The Bertz CT molecular complexity index is 1590. The van der Waals surface area contributed by atoms with Gasteiger partial charge in [0.1, 0.15) is 22.9 Å². The lowest BCUT2D eigenvalue weighted by molar-refractivity contribution is -0.383. The molecule has 0 saturated heterocycles. The van der Waals surface area contributed by atoms with Gasteiger partial charge in [-0.05, 0) is 42.5 Å². The van der Waals surface area contributed by atoms with Crippen molar-refractivity contribution in [2.24, 2.45) is 7.05 Å². The molecule has 0 saturated carbocycles. The number of anilines is 2. The molecule has 41 heavy (non-hydrogen) atoms. The number of aryl methyl sites for hydroxylation is 1. The number of methoxy groups -OCH3 is 2. The Morgan fingerprint density at radius 2 is 1.73 bits per heavy atom. The summed E-state index contributed by atoms with van der Waals surface area (Å²) in [5.74, 6) is 0.147. The number of carbonyl (C=O) groups excluding carboxylic acids is 2. The largest absolute Gasteiger partial charge is 0.497 e. The number of hydrogen-bond donors (Lipinski definition) is 3. The first kappa shape index (κ1) is 28.8. The Morgan fingerprint density at radius 3 is 2.41 bits per heavy atom. The van der Waals surface area contributed by atoms with Crippen molar-refractivity contribution < 1.29 is 24.0 Å². The second kappa shape index (κ2) is 12.8. The highest BCUT2D eigenvalue weighted by molar-refractivity contribution is 6.33. The summed E-state index contributed by atoms with van der Waals surface area (Å²) in [5.41, 5.74) is 1.42. The Kier molecular flexibility index (Phi) is 8.99. The zero-order valence-electron chi connectivity index (χ0n) is 22.3. The molecule has 212 valence electrons. The van der Waals surface area contributed by atoms with Crippen molar-refractivity contribution in [2.45, 2.75) is 0 Å². The van der Waals surface area contributed by atoms with E-state index in [1.165, 1.54) is 37.1 Å². The smallest absolute Gasteiger partial charge is 0.294 e. The fourth-order valence-corrected chi connectivity index (χ4v) is 4.20. The van der Waals surface area contributed by atoms with E-state index in [0.29, 0.717) is 28.4 Å². The molecule has 4 aromatic rings. The summed E-state index contributed by atoms with van der Waals surface area (Å²) in [4.78, 5) is 36.8. The molecule has 0 fully saturated rings. The Morgan fingerprint density at radius 1 is 1.00 bits per heavy atom. The van der Waals surface area contributed by atoms with Crippen molar-refractivity contribution in [2.75, 3.05) is 37.9 Å². The number of para-hydroxylation sites is 1. The lowest BCUT2D eigenvalue weighted by atomic mass is 10.1. The van der Waals surface area contributed by atoms with Gasteiger partial charge in [-0.3, -0.25) is 19.7 Å². The van der Waals surface area contributed by atoms with Gasteiger partial charge >= 0.3 is 0 Å². The second-order valence-electron chi connectivity index (χ2n) is 8.58. The van der Waals surface area contributed by atoms with Crippen LogP contribution in [0.15, 0.2) is 60.7 Å². The topological polar surface area (TPSA) is 163 Å². The molecule has 0 aliphatic rings. The maximum atomic E-state index is 13.0. The predicted octanol–water partition coefficient (Wildman–Crippen LogP) is 4.16. The molecule has 0 aliphatic heterocycles. The third-order valence-electron chi connectivity index (χ3n) is 6.01. The van der Waals surface area contributed by atoms with E-state index in [0.717, 1.165) is 6.07 Å². The van der Waals surface area contributed by atoms with Gasteiger partial charge in [0.25, 0.3) is 17.5 Å². The number of hydrogen-bond acceptors (Lipinski definition) is 9. The van der Waals surface area contributed by atoms with Crippen LogP contribution in [0.4, 0.5) is 17.1 Å². The van der Waals surface area contributed by atoms with E-state index < -0.39 is 16.7 Å². The van der Waals surface area contributed by atoms with E-state index in [-0.39, 0.29) is 40.7 Å². The summed E-state index contributed by atoms with van der Waals surface area (Å²) in [6.45, 7) is 0.376. The van der Waals surface area contributed by atoms with E-state index >= 15 is 0 Å². The van der Waals surface area contributed by atoms with Crippen LogP contribution < -0.4 is 25.4 Å². The van der Waals surface area contributed by atoms with Crippen LogP contribution in [0.25, 0.3) is 11.3 Å². The first-order chi connectivity index (χ1) is 19.7. The van der Waals surface area contributed by atoms with Crippen molar-refractivity contribution >= 4 is 40.5 Å². The minimum absolute atomic E-state index is 0.0471. The average Bonchev–Trinajstić information content (AvgIpc) is 3.37. The summed E-state index contributed by atoms with van der Waals surface area (Å²) < 4.78 is 11.8. The number of halogens is 1. The molecule has 14 heteroatoms. The first-order valence-corrected chi connectivity index (χ1v) is 12.6. The molecule has 2 amide bonds. The van der Waals surface area contributed by atoms with Crippen LogP contribution in [0.1, 0.15) is 20.8 Å². The summed E-state index contributed by atoms with van der Waals surface area (Å²) in [6.07, 6.45) is 0. The molecule has 3 aromatic carbocycles. The van der Waals surface area contributed by atoms with Crippen LogP contribution in [-0.4, -0.2) is 59.0 Å². The maximum absolute atomic E-state index is 13.0. The van der Waals surface area contributed by atoms with Crippen molar-refractivity contribution in [3.8, 4) is 22.8 Å². The fourth-order valence-electron chi connectivity index (χ4n) is 3.98. The number of nitro groups is 1. The van der Waals surface area contributed by atoms with E-state index in [2.05, 4.69) is 26.3 Å². The van der Waals surface area contributed by atoms with Gasteiger partial charge in [-0.1, -0.05) is 28.9 Å². The molecular formula is C27H26ClN7O6. The van der Waals surface area contributed by atoms with Crippen LogP contribution in [0.2, 0.25) is 5.02 Å². The third-order valence-corrected chi connectivity index (χ3v) is 6.33. The Labute approximate surface area is 239 Å². The summed E-state index contributed by atoms with van der Waals surface area (Å²) in [7, 11) is 4.64. The average molecular weight is 580 g/mol. The lowest BCUT2D eigenvalue weighted by Crippen LogP contribution is -2.30. The molecule has 1 aromatic heterocycles. The monoisotopic (exact) mass is 579 g/mol. The zero-order valence-corrected chi connectivity index (χ0v) is 23.1. The molecule has 0 spiro atoms. The van der Waals surface area contributed by atoms with Gasteiger partial charge in [-0.25, -0.2) is 4.68 Å². The molecular weight excluding hydrogens is 554 g/mol. The first-order valence-electron chi connectivity index (χ1n) is 12.2. The predicted molar refractivity (Wildman–Crippen MR) is 153 cm³/mol. The van der Waals surface area contributed by atoms with Crippen molar-refractivity contribution in [3.63, 3.8) is 0 Å². The molecule has 0 radical (unpaired) electrons. The number of ether oxygens (including phenoxy) is 2. The lowest BCUT2D eigenvalue weighted by Gasteiger charge is -2.13. The highest BCUT2D eigenvalue weighted by Gasteiger charge is 2.23. The summed E-state index contributed by atoms with van der Waals surface area (Å²) >= 11 is 6.28. The number of nitrogens with one attached hydrogen (secondary N) is 3. The molecule has 13 nitrogen and oxygen atoms in total. The fraction of sp³-hybridized carbons (Fsp3) is 0.185. The maximum Gasteiger partial charge on any atom is 0.294 e. The number of benzene rings is 3. The van der Waals surface area contributed by atoms with Gasteiger partial charge in [0.05, 0.1) is 29.9 Å². The Balaban J connectivity index is 1.44. The number of amides is 2. The SMILES string of the molecule is COc1ccc(C(=O)Nc2cc(NCCNC(=O)c3c(-c4ccccc4OC)nnn3C)c(Cl)cc2[N+](=O)[O-])cc1. The molecule has 1 heterocycles. The van der Waals surface area contributed by atoms with Gasteiger partial charge in [0, 0.05) is 37.3 Å². The minimum atomic E-state index is -0.638. The molecule has 0 bridgehead atoms. The highest BCUT2D eigenvalue weighted by Crippen LogP contribution is 2.35. The van der Waals surface area contributed by atoms with Gasteiger partial charge < -0.3 is 25.4 Å². The number of carbonyl (C=O) groups is 2. The number of aromatic nitrogens is 3. The summed E-state index contributed by atoms with van der Waals surface area (Å²) in [6, 6.07) is 16.0. The molecule has 0 atom stereocenters. The minimum Gasteiger partial charge on any atom is -0.497 e. The van der Waals surface area contributed by atoms with Crippen LogP contribution >= 0.6 is 11.6 Å². The van der Waals surface area contributed by atoms with Crippen molar-refractivity contribution in [1.29, 1.82) is 0 Å². The van der Waals surface area contributed by atoms with E-state index in [4.69, 9.17) is 21.1 Å². The molecule has 0 unspecified atom stereocenters. The van der Waals surface area contributed by atoms with Crippen LogP contribution in [0.5, 0.6) is 11.5 Å². The molecule has 3 N–H and O–H groups in total. The highest BCUT2D eigenvalue weighted by atomic mass is 35.5. The van der Waals surface area contributed by atoms with Crippen LogP contribution in [-0.2, 0) is 7.05 Å². The Hall–Kier alpha value is -5.17. The van der Waals surface area contributed by atoms with Gasteiger partial charge in [0.2, 0.25) is 0 Å². The van der Waals surface area contributed by atoms with Crippen molar-refractivity contribution in [3.05, 3.63) is 87.1 Å². The van der Waals surface area contributed by atoms with Crippen LogP contribution in [0.3, 0.4) is 0 Å². The number of rotatable bonds is 11. The second-order valence-corrected chi connectivity index (χ2v) is 8.99. The standard InChI is InChI=1S/C27H26ClN7O6/c1-34-25(24(32-33-34)18-6-4-5-7-23(18)41-3)27(37)30-13-12-29-20-15-21(22(35(38)39)14-19(20)28)31-26(36)16-8-10-17(40-2)11-9-16/h4-11,14-15,29H,12-13H2,1-3H3,(H,30,37)(H,31,36).